The van der Waals surface area contributed by atoms with Crippen molar-refractivity contribution in [2.75, 3.05) is 13.1 Å². The van der Waals surface area contributed by atoms with Crippen LogP contribution in [0, 0.1) is 13.8 Å². The number of H-pyrrole nitrogens is 1. The SMILES string of the molecule is Cc1n[nH]c(C)c1CC(=O)N1CCCC(c2ccncc2)C1. The molecule has 1 atom stereocenters. The molecule has 3 rings (SSSR count). The molecule has 1 amide bonds. The van der Waals surface area contributed by atoms with Gasteiger partial charge in [-0.1, -0.05) is 0 Å². The Morgan fingerprint density at radius 3 is 2.82 bits per heavy atom. The minimum absolute atomic E-state index is 0.200. The summed E-state index contributed by atoms with van der Waals surface area (Å²) in [5.74, 6) is 0.624. The Morgan fingerprint density at radius 1 is 1.36 bits per heavy atom. The first kappa shape index (κ1) is 14.8. The number of nitrogens with zero attached hydrogens (tertiary/aromatic N) is 3. The summed E-state index contributed by atoms with van der Waals surface area (Å²) < 4.78 is 0. The molecule has 22 heavy (non-hydrogen) atoms. The Balaban J connectivity index is 1.68. The number of aromatic amines is 1. The third-order valence-electron chi connectivity index (χ3n) is 4.56. The number of carbonyl (C=O) groups excluding carboxylic acids is 1. The number of aryl methyl sites for hydroxylation is 2. The second-order valence-electron chi connectivity index (χ2n) is 6.05. The average Bonchev–Trinajstić information content (AvgIpc) is 2.88. The van der Waals surface area contributed by atoms with Gasteiger partial charge in [0.15, 0.2) is 0 Å². The van der Waals surface area contributed by atoms with E-state index in [2.05, 4.69) is 27.3 Å². The van der Waals surface area contributed by atoms with Crippen molar-refractivity contribution in [1.29, 1.82) is 0 Å². The lowest BCUT2D eigenvalue weighted by Crippen LogP contribution is -2.40. The van der Waals surface area contributed by atoms with E-state index in [-0.39, 0.29) is 5.91 Å². The number of pyridine rings is 1. The maximum Gasteiger partial charge on any atom is 0.227 e. The molecular formula is C17H22N4O. The Labute approximate surface area is 130 Å². The van der Waals surface area contributed by atoms with Gasteiger partial charge in [-0.2, -0.15) is 5.10 Å². The number of nitrogens with one attached hydrogen (secondary N) is 1. The molecule has 1 N–H and O–H groups in total. The van der Waals surface area contributed by atoms with Crippen molar-refractivity contribution in [1.82, 2.24) is 20.1 Å². The van der Waals surface area contributed by atoms with Gasteiger partial charge in [0.2, 0.25) is 5.91 Å². The lowest BCUT2D eigenvalue weighted by atomic mass is 9.91. The number of hydrogen-bond donors (Lipinski definition) is 1. The van der Waals surface area contributed by atoms with Gasteiger partial charge < -0.3 is 4.90 Å². The zero-order valence-corrected chi connectivity index (χ0v) is 13.2. The lowest BCUT2D eigenvalue weighted by Gasteiger charge is -2.33. The number of rotatable bonds is 3. The number of amides is 1. The summed E-state index contributed by atoms with van der Waals surface area (Å²) in [6.07, 6.45) is 6.29. The summed E-state index contributed by atoms with van der Waals surface area (Å²) in [6.45, 7) is 5.58. The standard InChI is InChI=1S/C17H22N4O/c1-12-16(13(2)20-19-12)10-17(22)21-9-3-4-15(11-21)14-5-7-18-8-6-14/h5-8,15H,3-4,9-11H2,1-2H3,(H,19,20). The summed E-state index contributed by atoms with van der Waals surface area (Å²) in [5, 5.41) is 7.13. The van der Waals surface area contributed by atoms with Crippen LogP contribution in [0.5, 0.6) is 0 Å². The molecule has 5 nitrogen and oxygen atoms in total. The van der Waals surface area contributed by atoms with Gasteiger partial charge in [-0.05, 0) is 44.4 Å². The van der Waals surface area contributed by atoms with Gasteiger partial charge in [-0.25, -0.2) is 0 Å². The molecular weight excluding hydrogens is 276 g/mol. The first-order valence-corrected chi connectivity index (χ1v) is 7.83. The molecule has 0 spiro atoms. The molecule has 3 heterocycles. The van der Waals surface area contributed by atoms with Gasteiger partial charge in [0.05, 0.1) is 12.1 Å². The summed E-state index contributed by atoms with van der Waals surface area (Å²) in [6, 6.07) is 4.12. The van der Waals surface area contributed by atoms with Crippen LogP contribution in [0.1, 0.15) is 41.3 Å². The monoisotopic (exact) mass is 298 g/mol. The second kappa shape index (κ2) is 6.30. The number of aromatic nitrogens is 3. The maximum absolute atomic E-state index is 12.6. The predicted molar refractivity (Wildman–Crippen MR) is 84.6 cm³/mol. The van der Waals surface area contributed by atoms with Crippen molar-refractivity contribution >= 4 is 5.91 Å². The Morgan fingerprint density at radius 2 is 2.14 bits per heavy atom. The zero-order valence-electron chi connectivity index (χ0n) is 13.2. The van der Waals surface area contributed by atoms with Crippen LogP contribution < -0.4 is 0 Å². The summed E-state index contributed by atoms with van der Waals surface area (Å²) in [4.78, 5) is 18.7. The molecule has 0 radical (unpaired) electrons. The summed E-state index contributed by atoms with van der Waals surface area (Å²) in [7, 11) is 0. The number of likely N-dealkylation sites (tertiary alicyclic amines) is 1. The fourth-order valence-electron chi connectivity index (χ4n) is 3.21. The highest BCUT2D eigenvalue weighted by atomic mass is 16.2. The van der Waals surface area contributed by atoms with E-state index in [9.17, 15) is 4.79 Å². The molecule has 1 aliphatic heterocycles. The van der Waals surface area contributed by atoms with E-state index in [0.29, 0.717) is 12.3 Å². The van der Waals surface area contributed by atoms with Gasteiger partial charge in [-0.3, -0.25) is 14.9 Å². The molecule has 1 saturated heterocycles. The number of hydrogen-bond acceptors (Lipinski definition) is 3. The van der Waals surface area contributed by atoms with E-state index in [1.54, 1.807) is 0 Å². The Bertz CT molecular complexity index is 630. The highest BCUT2D eigenvalue weighted by molar-refractivity contribution is 5.79. The van der Waals surface area contributed by atoms with E-state index >= 15 is 0 Å². The van der Waals surface area contributed by atoms with E-state index < -0.39 is 0 Å². The van der Waals surface area contributed by atoms with Crippen LogP contribution in [0.15, 0.2) is 24.5 Å². The van der Waals surface area contributed by atoms with Crippen LogP contribution in [-0.2, 0) is 11.2 Å². The topological polar surface area (TPSA) is 61.9 Å². The van der Waals surface area contributed by atoms with Crippen LogP contribution in [0.2, 0.25) is 0 Å². The van der Waals surface area contributed by atoms with E-state index in [1.807, 2.05) is 31.1 Å². The van der Waals surface area contributed by atoms with Crippen molar-refractivity contribution in [2.24, 2.45) is 0 Å². The van der Waals surface area contributed by atoms with Gasteiger partial charge in [0.25, 0.3) is 0 Å². The van der Waals surface area contributed by atoms with Gasteiger partial charge in [-0.15, -0.1) is 0 Å². The van der Waals surface area contributed by atoms with Gasteiger partial charge >= 0.3 is 0 Å². The van der Waals surface area contributed by atoms with Crippen LogP contribution in [0.4, 0.5) is 0 Å². The van der Waals surface area contributed by atoms with Gasteiger partial charge in [0.1, 0.15) is 0 Å². The van der Waals surface area contributed by atoms with Crippen molar-refractivity contribution in [3.63, 3.8) is 0 Å². The minimum atomic E-state index is 0.200. The molecule has 2 aromatic heterocycles. The smallest absolute Gasteiger partial charge is 0.227 e. The van der Waals surface area contributed by atoms with Crippen LogP contribution in [0.3, 0.4) is 0 Å². The lowest BCUT2D eigenvalue weighted by molar-refractivity contribution is -0.131. The van der Waals surface area contributed by atoms with E-state index in [0.717, 1.165) is 42.9 Å². The predicted octanol–water partition coefficient (Wildman–Crippen LogP) is 2.37. The molecule has 0 aliphatic carbocycles. The Hall–Kier alpha value is -2.17. The fraction of sp³-hybridized carbons (Fsp3) is 0.471. The van der Waals surface area contributed by atoms with Gasteiger partial charge in [0, 0.05) is 42.7 Å². The molecule has 1 aliphatic rings. The molecule has 1 unspecified atom stereocenters. The van der Waals surface area contributed by atoms with Crippen LogP contribution in [0.25, 0.3) is 0 Å². The minimum Gasteiger partial charge on any atom is -0.342 e. The molecule has 2 aromatic rings. The summed E-state index contributed by atoms with van der Waals surface area (Å²) in [5.41, 5.74) is 4.24. The maximum atomic E-state index is 12.6. The second-order valence-corrected chi connectivity index (χ2v) is 6.05. The third-order valence-corrected chi connectivity index (χ3v) is 4.56. The zero-order chi connectivity index (χ0) is 15.5. The molecule has 1 fully saturated rings. The molecule has 0 aromatic carbocycles. The first-order valence-electron chi connectivity index (χ1n) is 7.83. The molecule has 0 saturated carbocycles. The van der Waals surface area contributed by atoms with Crippen LogP contribution >= 0.6 is 0 Å². The molecule has 116 valence electrons. The van der Waals surface area contributed by atoms with Crippen molar-refractivity contribution in [3.05, 3.63) is 47.0 Å². The van der Waals surface area contributed by atoms with Crippen molar-refractivity contribution in [2.45, 2.75) is 39.0 Å². The fourth-order valence-corrected chi connectivity index (χ4v) is 3.21. The largest absolute Gasteiger partial charge is 0.342 e. The normalized spacial score (nSPS) is 18.5. The molecule has 5 heteroatoms. The highest BCUT2D eigenvalue weighted by Gasteiger charge is 2.25. The summed E-state index contributed by atoms with van der Waals surface area (Å²) >= 11 is 0. The number of piperidine rings is 1. The van der Waals surface area contributed by atoms with Crippen molar-refractivity contribution < 1.29 is 4.79 Å². The Kier molecular flexibility index (Phi) is 4.22. The third kappa shape index (κ3) is 3.03. The van der Waals surface area contributed by atoms with Crippen molar-refractivity contribution in [3.8, 4) is 0 Å². The number of carbonyl (C=O) groups is 1. The van der Waals surface area contributed by atoms with E-state index in [1.165, 1.54) is 5.56 Å². The molecule has 0 bridgehead atoms. The quantitative estimate of drug-likeness (QED) is 0.946. The van der Waals surface area contributed by atoms with E-state index in [4.69, 9.17) is 0 Å². The highest BCUT2D eigenvalue weighted by Crippen LogP contribution is 2.27. The first-order chi connectivity index (χ1) is 10.6. The van der Waals surface area contributed by atoms with Crippen LogP contribution in [-0.4, -0.2) is 39.1 Å². The average molecular weight is 298 g/mol.